The van der Waals surface area contributed by atoms with Crippen LogP contribution in [0.3, 0.4) is 0 Å². The van der Waals surface area contributed by atoms with Crippen molar-refractivity contribution in [1.29, 1.82) is 0 Å². The first kappa shape index (κ1) is 6.43. The Morgan fingerprint density at radius 2 is 2.25 bits per heavy atom. The Bertz CT molecular complexity index is 66.9. The molecular weight excluding hydrogens is 118 g/mol. The molecule has 1 nitrogen and oxygen atoms in total. The lowest BCUT2D eigenvalue weighted by molar-refractivity contribution is 0.516. The van der Waals surface area contributed by atoms with Crippen LogP contribution < -0.4 is 5.73 Å². The summed E-state index contributed by atoms with van der Waals surface area (Å²) in [4.78, 5) is 0. The van der Waals surface area contributed by atoms with Gasteiger partial charge in [-0.3, -0.25) is 0 Å². The lowest BCUT2D eigenvalue weighted by atomic mass is 10.1. The molecule has 0 aromatic heterocycles. The zero-order valence-corrected chi connectivity index (χ0v) is 6.08. The number of hydrogen-bond acceptors (Lipinski definition) is 2. The fourth-order valence-corrected chi connectivity index (χ4v) is 2.19. The Labute approximate surface area is 55.0 Å². The summed E-state index contributed by atoms with van der Waals surface area (Å²) in [5.41, 5.74) is 5.70. The van der Waals surface area contributed by atoms with E-state index in [0.29, 0.717) is 6.04 Å². The minimum atomic E-state index is 0.476. The Morgan fingerprint density at radius 1 is 1.50 bits per heavy atom. The third-order valence-electron chi connectivity index (χ3n) is 1.44. The average Bonchev–Trinajstić information content (AvgIpc) is 1.64. The molecule has 2 heteroatoms. The van der Waals surface area contributed by atoms with E-state index in [2.05, 4.69) is 6.92 Å². The summed E-state index contributed by atoms with van der Waals surface area (Å²) in [5, 5.41) is 0. The molecule has 1 aliphatic heterocycles. The largest absolute Gasteiger partial charge is 0.327 e. The molecule has 2 N–H and O–H groups in total. The summed E-state index contributed by atoms with van der Waals surface area (Å²) in [6.45, 7) is 2.27. The van der Waals surface area contributed by atoms with Crippen LogP contribution in [-0.4, -0.2) is 17.5 Å². The second kappa shape index (κ2) is 2.74. The molecule has 8 heavy (non-hydrogen) atoms. The predicted octanol–water partition coefficient (Wildman–Crippen LogP) is 1.09. The van der Waals surface area contributed by atoms with Gasteiger partial charge in [-0.25, -0.2) is 0 Å². The van der Waals surface area contributed by atoms with E-state index in [1.165, 1.54) is 17.9 Å². The fourth-order valence-electron chi connectivity index (χ4n) is 1.07. The quantitative estimate of drug-likeness (QED) is 0.532. The number of rotatable bonds is 0. The lowest BCUT2D eigenvalue weighted by Gasteiger charge is -2.22. The molecule has 0 aromatic carbocycles. The van der Waals surface area contributed by atoms with Gasteiger partial charge in [0, 0.05) is 11.8 Å². The van der Waals surface area contributed by atoms with Gasteiger partial charge >= 0.3 is 0 Å². The fraction of sp³-hybridized carbons (Fsp3) is 1.00. The van der Waals surface area contributed by atoms with Crippen molar-refractivity contribution < 1.29 is 0 Å². The second-order valence-electron chi connectivity index (χ2n) is 2.64. The summed E-state index contributed by atoms with van der Waals surface area (Å²) in [6, 6.07) is 0.476. The van der Waals surface area contributed by atoms with Gasteiger partial charge in [0.25, 0.3) is 0 Å². The Kier molecular flexibility index (Phi) is 2.20. The third kappa shape index (κ3) is 1.67. The first-order valence-corrected chi connectivity index (χ1v) is 4.28. The Balaban J connectivity index is 2.23. The Hall–Kier alpha value is 0.310. The van der Waals surface area contributed by atoms with Gasteiger partial charge in [0.1, 0.15) is 0 Å². The molecule has 0 aliphatic carbocycles. The number of thioether (sulfide) groups is 1. The highest BCUT2D eigenvalue weighted by Crippen LogP contribution is 2.20. The predicted molar refractivity (Wildman–Crippen MR) is 39.1 cm³/mol. The van der Waals surface area contributed by atoms with Crippen LogP contribution in [0.4, 0.5) is 0 Å². The summed E-state index contributed by atoms with van der Waals surface area (Å²) in [7, 11) is 0. The van der Waals surface area contributed by atoms with Crippen molar-refractivity contribution in [2.45, 2.75) is 19.4 Å². The van der Waals surface area contributed by atoms with Gasteiger partial charge in [-0.15, -0.1) is 0 Å². The van der Waals surface area contributed by atoms with E-state index in [-0.39, 0.29) is 0 Å². The van der Waals surface area contributed by atoms with Crippen LogP contribution in [0.2, 0.25) is 0 Å². The van der Waals surface area contributed by atoms with Gasteiger partial charge in [-0.2, -0.15) is 11.8 Å². The van der Waals surface area contributed by atoms with Crippen LogP contribution in [0, 0.1) is 5.92 Å². The SMILES string of the molecule is C[C@H]1CSC[C@@H](N)C1. The molecule has 1 heterocycles. The van der Waals surface area contributed by atoms with Crippen molar-refractivity contribution in [3.05, 3.63) is 0 Å². The van der Waals surface area contributed by atoms with Crippen molar-refractivity contribution >= 4 is 11.8 Å². The minimum absolute atomic E-state index is 0.476. The highest BCUT2D eigenvalue weighted by Gasteiger charge is 2.14. The molecule has 0 unspecified atom stereocenters. The van der Waals surface area contributed by atoms with Crippen molar-refractivity contribution in [3.8, 4) is 0 Å². The molecule has 1 aliphatic rings. The van der Waals surface area contributed by atoms with Crippen molar-refractivity contribution in [3.63, 3.8) is 0 Å². The molecule has 0 aromatic rings. The van der Waals surface area contributed by atoms with Crippen LogP contribution in [0.1, 0.15) is 13.3 Å². The molecule has 0 radical (unpaired) electrons. The number of hydrogen-bond donors (Lipinski definition) is 1. The zero-order valence-electron chi connectivity index (χ0n) is 5.26. The topological polar surface area (TPSA) is 26.0 Å². The first-order valence-electron chi connectivity index (χ1n) is 3.12. The molecule has 0 saturated carbocycles. The molecule has 1 saturated heterocycles. The van der Waals surface area contributed by atoms with E-state index in [1.807, 2.05) is 11.8 Å². The standard InChI is InChI=1S/C6H13NS/c1-5-2-6(7)4-8-3-5/h5-6H,2-4,7H2,1H3/t5-,6+/m1/s1. The molecular formula is C6H13NS. The average molecular weight is 131 g/mol. The summed E-state index contributed by atoms with van der Waals surface area (Å²) in [6.07, 6.45) is 1.23. The maximum Gasteiger partial charge on any atom is 0.0133 e. The van der Waals surface area contributed by atoms with Crippen LogP contribution in [0.5, 0.6) is 0 Å². The van der Waals surface area contributed by atoms with E-state index in [0.717, 1.165) is 5.92 Å². The maximum absolute atomic E-state index is 5.70. The molecule has 0 bridgehead atoms. The van der Waals surface area contributed by atoms with Gasteiger partial charge < -0.3 is 5.73 Å². The smallest absolute Gasteiger partial charge is 0.0133 e. The normalized spacial score (nSPS) is 39.8. The maximum atomic E-state index is 5.70. The van der Waals surface area contributed by atoms with Crippen molar-refractivity contribution in [2.24, 2.45) is 11.7 Å². The van der Waals surface area contributed by atoms with E-state index in [9.17, 15) is 0 Å². The summed E-state index contributed by atoms with van der Waals surface area (Å²) < 4.78 is 0. The van der Waals surface area contributed by atoms with Gasteiger partial charge in [0.15, 0.2) is 0 Å². The minimum Gasteiger partial charge on any atom is -0.327 e. The van der Waals surface area contributed by atoms with Crippen molar-refractivity contribution in [2.75, 3.05) is 11.5 Å². The van der Waals surface area contributed by atoms with E-state index in [1.54, 1.807) is 0 Å². The highest BCUT2D eigenvalue weighted by molar-refractivity contribution is 7.99. The molecule has 48 valence electrons. The van der Waals surface area contributed by atoms with Crippen LogP contribution in [-0.2, 0) is 0 Å². The molecule has 1 rings (SSSR count). The first-order chi connectivity index (χ1) is 3.79. The van der Waals surface area contributed by atoms with Crippen LogP contribution >= 0.6 is 11.8 Å². The second-order valence-corrected chi connectivity index (χ2v) is 3.71. The summed E-state index contributed by atoms with van der Waals surface area (Å²) in [5.74, 6) is 3.33. The molecule has 2 atom stereocenters. The number of nitrogens with two attached hydrogens (primary N) is 1. The van der Waals surface area contributed by atoms with E-state index in [4.69, 9.17) is 5.73 Å². The van der Waals surface area contributed by atoms with Gasteiger partial charge in [0.05, 0.1) is 0 Å². The van der Waals surface area contributed by atoms with Gasteiger partial charge in [-0.05, 0) is 18.1 Å². The van der Waals surface area contributed by atoms with E-state index < -0.39 is 0 Å². The van der Waals surface area contributed by atoms with E-state index >= 15 is 0 Å². The monoisotopic (exact) mass is 131 g/mol. The van der Waals surface area contributed by atoms with Gasteiger partial charge in [-0.1, -0.05) is 6.92 Å². The zero-order chi connectivity index (χ0) is 5.98. The lowest BCUT2D eigenvalue weighted by Crippen LogP contribution is -2.30. The van der Waals surface area contributed by atoms with Gasteiger partial charge in [0.2, 0.25) is 0 Å². The highest BCUT2D eigenvalue weighted by atomic mass is 32.2. The Morgan fingerprint density at radius 3 is 2.62 bits per heavy atom. The molecule has 1 fully saturated rings. The molecule has 0 amide bonds. The molecule has 0 spiro atoms. The third-order valence-corrected chi connectivity index (χ3v) is 2.91. The van der Waals surface area contributed by atoms with Crippen molar-refractivity contribution in [1.82, 2.24) is 0 Å². The van der Waals surface area contributed by atoms with Crippen LogP contribution in [0.25, 0.3) is 0 Å². The summed E-state index contributed by atoms with van der Waals surface area (Å²) >= 11 is 1.99. The van der Waals surface area contributed by atoms with Crippen LogP contribution in [0.15, 0.2) is 0 Å².